The Hall–Kier alpha value is -2.44. The largest absolute Gasteiger partial charge is 0.383 e. The number of rotatable bonds is 4. The van der Waals surface area contributed by atoms with Gasteiger partial charge in [0.2, 0.25) is 0 Å². The monoisotopic (exact) mass is 355 g/mol. The molecule has 24 heavy (non-hydrogen) atoms. The molecule has 1 aromatic heterocycles. The molecule has 2 aromatic carbocycles. The van der Waals surface area contributed by atoms with Crippen molar-refractivity contribution < 1.29 is 4.79 Å². The number of nitrogens with one attached hydrogen (secondary N) is 1. The lowest BCUT2D eigenvalue weighted by Gasteiger charge is -2.14. The predicted octanol–water partition coefficient (Wildman–Crippen LogP) is 4.34. The zero-order valence-electron chi connectivity index (χ0n) is 13.1. The number of carbonyl (C=O) groups is 1. The van der Waals surface area contributed by atoms with Gasteiger partial charge in [0.05, 0.1) is 6.04 Å². The Kier molecular flexibility index (Phi) is 4.78. The Labute approximate surface area is 149 Å². The summed E-state index contributed by atoms with van der Waals surface area (Å²) in [4.78, 5) is 13.0. The number of benzene rings is 2. The van der Waals surface area contributed by atoms with Gasteiger partial charge in [-0.2, -0.15) is 0 Å². The van der Waals surface area contributed by atoms with Crippen molar-refractivity contribution in [1.29, 1.82) is 0 Å². The van der Waals surface area contributed by atoms with E-state index in [0.29, 0.717) is 14.6 Å². The summed E-state index contributed by atoms with van der Waals surface area (Å²) in [6.07, 6.45) is 0. The molecule has 3 rings (SSSR count). The Balaban J connectivity index is 1.88. The number of aromatic nitrogens is 1. The van der Waals surface area contributed by atoms with Gasteiger partial charge in [-0.1, -0.05) is 59.9 Å². The van der Waals surface area contributed by atoms with Crippen molar-refractivity contribution in [2.24, 2.45) is 0 Å². The molecular formula is C18H17N3OS2. The van der Waals surface area contributed by atoms with Crippen LogP contribution >= 0.6 is 23.6 Å². The fourth-order valence-electron chi connectivity index (χ4n) is 2.46. The SMILES string of the molecule is C[C@@H](NC(=O)c1sc(=S)n(-c2ccccc2)c1N)c1ccccc1. The van der Waals surface area contributed by atoms with Crippen LogP contribution in [0.15, 0.2) is 60.7 Å². The van der Waals surface area contributed by atoms with E-state index in [1.54, 1.807) is 4.57 Å². The third-order valence-corrected chi connectivity index (χ3v) is 5.10. The third-order valence-electron chi connectivity index (χ3n) is 3.71. The van der Waals surface area contributed by atoms with Gasteiger partial charge in [0.15, 0.2) is 3.95 Å². The summed E-state index contributed by atoms with van der Waals surface area (Å²) >= 11 is 6.61. The molecule has 6 heteroatoms. The average molecular weight is 355 g/mol. The van der Waals surface area contributed by atoms with Crippen molar-refractivity contribution in [3.63, 3.8) is 0 Å². The van der Waals surface area contributed by atoms with Gasteiger partial charge in [-0.25, -0.2) is 0 Å². The van der Waals surface area contributed by atoms with Crippen LogP contribution in [-0.2, 0) is 0 Å². The first-order chi connectivity index (χ1) is 11.6. The highest BCUT2D eigenvalue weighted by Gasteiger charge is 2.19. The second-order valence-corrected chi connectivity index (χ2v) is 7.00. The lowest BCUT2D eigenvalue weighted by atomic mass is 10.1. The summed E-state index contributed by atoms with van der Waals surface area (Å²) in [5, 5.41) is 2.98. The molecule has 1 atom stereocenters. The zero-order chi connectivity index (χ0) is 17.1. The van der Waals surface area contributed by atoms with E-state index in [-0.39, 0.29) is 11.9 Å². The molecule has 4 nitrogen and oxygen atoms in total. The van der Waals surface area contributed by atoms with Crippen LogP contribution in [0.1, 0.15) is 28.2 Å². The number of para-hydroxylation sites is 1. The molecule has 0 fully saturated rings. The number of nitrogen functional groups attached to an aromatic ring is 1. The van der Waals surface area contributed by atoms with Crippen LogP contribution in [0.4, 0.5) is 5.82 Å². The van der Waals surface area contributed by atoms with Crippen molar-refractivity contribution in [2.45, 2.75) is 13.0 Å². The predicted molar refractivity (Wildman–Crippen MR) is 101 cm³/mol. The van der Waals surface area contributed by atoms with Crippen LogP contribution in [0.2, 0.25) is 0 Å². The van der Waals surface area contributed by atoms with Gasteiger partial charge in [-0.15, -0.1) is 0 Å². The van der Waals surface area contributed by atoms with Gasteiger partial charge >= 0.3 is 0 Å². The maximum Gasteiger partial charge on any atom is 0.265 e. The Morgan fingerprint density at radius 1 is 1.12 bits per heavy atom. The van der Waals surface area contributed by atoms with E-state index in [2.05, 4.69) is 5.32 Å². The molecule has 0 aliphatic heterocycles. The van der Waals surface area contributed by atoms with E-state index in [0.717, 1.165) is 11.3 Å². The Bertz CT molecular complexity index is 901. The second kappa shape index (κ2) is 6.98. The highest BCUT2D eigenvalue weighted by molar-refractivity contribution is 7.73. The van der Waals surface area contributed by atoms with Crippen molar-refractivity contribution in [1.82, 2.24) is 9.88 Å². The number of hydrogen-bond donors (Lipinski definition) is 2. The molecule has 122 valence electrons. The van der Waals surface area contributed by atoms with Gasteiger partial charge in [0.1, 0.15) is 10.7 Å². The van der Waals surface area contributed by atoms with E-state index in [1.165, 1.54) is 11.3 Å². The van der Waals surface area contributed by atoms with Gasteiger partial charge in [-0.3, -0.25) is 9.36 Å². The molecule has 1 heterocycles. The molecule has 3 aromatic rings. The van der Waals surface area contributed by atoms with Crippen molar-refractivity contribution in [3.8, 4) is 5.69 Å². The molecular weight excluding hydrogens is 338 g/mol. The lowest BCUT2D eigenvalue weighted by molar-refractivity contribution is 0.0944. The Morgan fingerprint density at radius 3 is 2.33 bits per heavy atom. The number of nitrogens with zero attached hydrogens (tertiary/aromatic N) is 1. The summed E-state index contributed by atoms with van der Waals surface area (Å²) < 4.78 is 2.28. The summed E-state index contributed by atoms with van der Waals surface area (Å²) in [6.45, 7) is 1.94. The van der Waals surface area contributed by atoms with Gasteiger partial charge in [-0.05, 0) is 36.8 Å². The van der Waals surface area contributed by atoms with E-state index in [1.807, 2.05) is 67.6 Å². The van der Waals surface area contributed by atoms with Crippen LogP contribution in [0.3, 0.4) is 0 Å². The fraction of sp³-hybridized carbons (Fsp3) is 0.111. The molecule has 0 unspecified atom stereocenters. The number of anilines is 1. The van der Waals surface area contributed by atoms with E-state index in [4.69, 9.17) is 18.0 Å². The molecule has 0 spiro atoms. The van der Waals surface area contributed by atoms with Crippen LogP contribution in [0, 0.1) is 3.95 Å². The van der Waals surface area contributed by atoms with Gasteiger partial charge < -0.3 is 11.1 Å². The molecule has 0 radical (unpaired) electrons. The van der Waals surface area contributed by atoms with E-state index >= 15 is 0 Å². The van der Waals surface area contributed by atoms with Crippen molar-refractivity contribution in [3.05, 3.63) is 75.1 Å². The number of hydrogen-bond acceptors (Lipinski definition) is 4. The smallest absolute Gasteiger partial charge is 0.265 e. The minimum atomic E-state index is -0.213. The highest BCUT2D eigenvalue weighted by Crippen LogP contribution is 2.26. The normalized spacial score (nSPS) is 11.9. The number of carbonyl (C=O) groups excluding carboxylic acids is 1. The maximum atomic E-state index is 12.6. The topological polar surface area (TPSA) is 60.0 Å². The van der Waals surface area contributed by atoms with E-state index in [9.17, 15) is 4.79 Å². The van der Waals surface area contributed by atoms with Gasteiger partial charge in [0, 0.05) is 5.69 Å². The standard InChI is InChI=1S/C18H17N3OS2/c1-12(13-8-4-2-5-9-13)20-17(22)15-16(19)21(18(23)24-15)14-10-6-3-7-11-14/h2-12H,19H2,1H3,(H,20,22)/t12-/m1/s1. The average Bonchev–Trinajstić information content (AvgIpc) is 2.91. The Morgan fingerprint density at radius 2 is 1.71 bits per heavy atom. The minimum Gasteiger partial charge on any atom is -0.383 e. The molecule has 0 aliphatic rings. The third kappa shape index (κ3) is 3.25. The first kappa shape index (κ1) is 16.4. The molecule has 0 bridgehead atoms. The summed E-state index contributed by atoms with van der Waals surface area (Å²) in [7, 11) is 0. The minimum absolute atomic E-state index is 0.112. The summed E-state index contributed by atoms with van der Waals surface area (Å²) in [6, 6.07) is 19.2. The number of nitrogens with two attached hydrogens (primary N) is 1. The molecule has 0 aliphatic carbocycles. The summed E-state index contributed by atoms with van der Waals surface area (Å²) in [5.41, 5.74) is 8.09. The molecule has 0 saturated heterocycles. The van der Waals surface area contributed by atoms with Crippen molar-refractivity contribution >= 4 is 35.3 Å². The lowest BCUT2D eigenvalue weighted by Crippen LogP contribution is -2.26. The zero-order valence-corrected chi connectivity index (χ0v) is 14.7. The fourth-order valence-corrected chi connectivity index (χ4v) is 3.73. The second-order valence-electron chi connectivity index (χ2n) is 5.36. The number of thiazole rings is 1. The molecule has 3 N–H and O–H groups in total. The van der Waals surface area contributed by atoms with E-state index < -0.39 is 0 Å². The van der Waals surface area contributed by atoms with Crippen LogP contribution in [0.5, 0.6) is 0 Å². The number of amides is 1. The quantitative estimate of drug-likeness (QED) is 0.684. The van der Waals surface area contributed by atoms with Crippen LogP contribution < -0.4 is 11.1 Å². The first-order valence-corrected chi connectivity index (χ1v) is 8.73. The van der Waals surface area contributed by atoms with Crippen LogP contribution in [-0.4, -0.2) is 10.5 Å². The van der Waals surface area contributed by atoms with Gasteiger partial charge in [0.25, 0.3) is 5.91 Å². The molecule has 1 amide bonds. The maximum absolute atomic E-state index is 12.6. The van der Waals surface area contributed by atoms with Crippen molar-refractivity contribution in [2.75, 3.05) is 5.73 Å². The summed E-state index contributed by atoms with van der Waals surface area (Å²) in [5.74, 6) is 0.156. The van der Waals surface area contributed by atoms with Crippen LogP contribution in [0.25, 0.3) is 5.69 Å². The molecule has 0 saturated carbocycles. The highest BCUT2D eigenvalue weighted by atomic mass is 32.1. The first-order valence-electron chi connectivity index (χ1n) is 7.50.